The van der Waals surface area contributed by atoms with Gasteiger partial charge in [0.2, 0.25) is 0 Å². The van der Waals surface area contributed by atoms with Gasteiger partial charge in [0.05, 0.1) is 0 Å². The minimum atomic E-state index is 0.685. The first-order chi connectivity index (χ1) is 9.93. The summed E-state index contributed by atoms with van der Waals surface area (Å²) in [6.45, 7) is 2.92. The molecular formula is C17H26N2O. The van der Waals surface area contributed by atoms with Crippen LogP contribution in [-0.4, -0.2) is 31.8 Å². The molecule has 1 aromatic rings. The van der Waals surface area contributed by atoms with E-state index < -0.39 is 0 Å². The van der Waals surface area contributed by atoms with Crippen molar-refractivity contribution >= 4 is 0 Å². The molecule has 1 aliphatic heterocycles. The predicted octanol–water partition coefficient (Wildman–Crippen LogP) is 2.58. The van der Waals surface area contributed by atoms with E-state index in [1.54, 1.807) is 0 Å². The van der Waals surface area contributed by atoms with Crippen LogP contribution in [0.3, 0.4) is 0 Å². The van der Waals surface area contributed by atoms with Gasteiger partial charge in [-0.1, -0.05) is 24.6 Å². The van der Waals surface area contributed by atoms with Crippen LogP contribution in [-0.2, 0) is 0 Å². The van der Waals surface area contributed by atoms with Gasteiger partial charge < -0.3 is 15.4 Å². The molecule has 3 rings (SSSR count). The molecule has 0 amide bonds. The second kappa shape index (κ2) is 7.09. The number of hydrogen-bond acceptors (Lipinski definition) is 3. The van der Waals surface area contributed by atoms with Crippen molar-refractivity contribution in [1.29, 1.82) is 0 Å². The third-order valence-electron chi connectivity index (χ3n) is 4.71. The summed E-state index contributed by atoms with van der Waals surface area (Å²) in [6.07, 6.45) is 6.80. The molecule has 110 valence electrons. The Morgan fingerprint density at radius 3 is 2.80 bits per heavy atom. The van der Waals surface area contributed by atoms with Gasteiger partial charge in [-0.05, 0) is 50.3 Å². The lowest BCUT2D eigenvalue weighted by Gasteiger charge is -2.26. The minimum Gasteiger partial charge on any atom is -0.492 e. The van der Waals surface area contributed by atoms with Gasteiger partial charge in [-0.2, -0.15) is 0 Å². The van der Waals surface area contributed by atoms with Crippen molar-refractivity contribution in [2.75, 3.05) is 19.7 Å². The summed E-state index contributed by atoms with van der Waals surface area (Å²) in [7, 11) is 0. The van der Waals surface area contributed by atoms with Crippen LogP contribution >= 0.6 is 0 Å². The van der Waals surface area contributed by atoms with E-state index in [0.717, 1.165) is 30.9 Å². The quantitative estimate of drug-likeness (QED) is 0.782. The van der Waals surface area contributed by atoms with Gasteiger partial charge in [0.1, 0.15) is 12.4 Å². The Hall–Kier alpha value is -1.06. The molecule has 3 atom stereocenters. The first kappa shape index (κ1) is 13.9. The third kappa shape index (κ3) is 3.53. The third-order valence-corrected chi connectivity index (χ3v) is 4.71. The van der Waals surface area contributed by atoms with Gasteiger partial charge in [-0.15, -0.1) is 0 Å². The maximum atomic E-state index is 5.75. The van der Waals surface area contributed by atoms with E-state index in [1.807, 2.05) is 30.3 Å². The molecule has 0 spiro atoms. The fraction of sp³-hybridized carbons (Fsp3) is 0.647. The summed E-state index contributed by atoms with van der Waals surface area (Å²) in [5.74, 6) is 1.80. The van der Waals surface area contributed by atoms with Crippen molar-refractivity contribution in [2.24, 2.45) is 5.92 Å². The maximum Gasteiger partial charge on any atom is 0.119 e. The molecule has 1 saturated carbocycles. The van der Waals surface area contributed by atoms with E-state index in [0.29, 0.717) is 6.04 Å². The molecule has 3 heteroatoms. The van der Waals surface area contributed by atoms with Crippen LogP contribution in [0.25, 0.3) is 0 Å². The largest absolute Gasteiger partial charge is 0.492 e. The van der Waals surface area contributed by atoms with Gasteiger partial charge in [0.15, 0.2) is 0 Å². The van der Waals surface area contributed by atoms with Crippen molar-refractivity contribution in [3.63, 3.8) is 0 Å². The van der Waals surface area contributed by atoms with Crippen molar-refractivity contribution in [3.8, 4) is 5.75 Å². The van der Waals surface area contributed by atoms with E-state index in [9.17, 15) is 0 Å². The standard InChI is InChI=1S/C17H26N2O/c1-2-6-14(7-3-1)20-13-12-19-16-9-4-8-15(16)17-10-5-11-18-17/h1-3,6-7,15-19H,4-5,8-13H2. The number of benzene rings is 1. The molecule has 0 radical (unpaired) electrons. The molecule has 2 N–H and O–H groups in total. The molecule has 1 heterocycles. The van der Waals surface area contributed by atoms with E-state index in [-0.39, 0.29) is 0 Å². The van der Waals surface area contributed by atoms with Crippen molar-refractivity contribution < 1.29 is 4.74 Å². The lowest BCUT2D eigenvalue weighted by atomic mass is 9.93. The molecule has 1 aliphatic carbocycles. The van der Waals surface area contributed by atoms with E-state index in [4.69, 9.17) is 4.74 Å². The Balaban J connectivity index is 1.39. The Labute approximate surface area is 122 Å². The Bertz CT molecular complexity index is 389. The van der Waals surface area contributed by atoms with Crippen molar-refractivity contribution in [2.45, 2.75) is 44.2 Å². The summed E-state index contributed by atoms with van der Waals surface area (Å²) >= 11 is 0. The highest BCUT2D eigenvalue weighted by Gasteiger charge is 2.34. The first-order valence-corrected chi connectivity index (χ1v) is 8.08. The second-order valence-corrected chi connectivity index (χ2v) is 6.02. The van der Waals surface area contributed by atoms with Gasteiger partial charge in [-0.3, -0.25) is 0 Å². The van der Waals surface area contributed by atoms with E-state index >= 15 is 0 Å². The molecular weight excluding hydrogens is 248 g/mol. The summed E-state index contributed by atoms with van der Waals surface area (Å²) in [5.41, 5.74) is 0. The number of para-hydroxylation sites is 1. The predicted molar refractivity (Wildman–Crippen MR) is 82.1 cm³/mol. The van der Waals surface area contributed by atoms with Gasteiger partial charge >= 0.3 is 0 Å². The van der Waals surface area contributed by atoms with Gasteiger partial charge in [0, 0.05) is 18.6 Å². The van der Waals surface area contributed by atoms with Crippen LogP contribution in [0.5, 0.6) is 5.75 Å². The van der Waals surface area contributed by atoms with Crippen LogP contribution < -0.4 is 15.4 Å². The molecule has 2 aliphatic rings. The minimum absolute atomic E-state index is 0.685. The van der Waals surface area contributed by atoms with Crippen molar-refractivity contribution in [1.82, 2.24) is 10.6 Å². The fourth-order valence-corrected chi connectivity index (χ4v) is 3.73. The van der Waals surface area contributed by atoms with Gasteiger partial charge in [0.25, 0.3) is 0 Å². The number of hydrogen-bond donors (Lipinski definition) is 2. The summed E-state index contributed by atoms with van der Waals surface area (Å²) < 4.78 is 5.75. The number of nitrogens with one attached hydrogen (secondary N) is 2. The highest BCUT2D eigenvalue weighted by Crippen LogP contribution is 2.31. The average Bonchev–Trinajstić information content (AvgIpc) is 3.15. The lowest BCUT2D eigenvalue weighted by Crippen LogP contribution is -2.43. The fourth-order valence-electron chi connectivity index (χ4n) is 3.73. The summed E-state index contributed by atoms with van der Waals surface area (Å²) in [4.78, 5) is 0. The molecule has 3 nitrogen and oxygen atoms in total. The molecule has 1 saturated heterocycles. The highest BCUT2D eigenvalue weighted by atomic mass is 16.5. The smallest absolute Gasteiger partial charge is 0.119 e. The topological polar surface area (TPSA) is 33.3 Å². The Morgan fingerprint density at radius 2 is 2.00 bits per heavy atom. The molecule has 2 fully saturated rings. The zero-order chi connectivity index (χ0) is 13.6. The molecule has 0 bridgehead atoms. The highest BCUT2D eigenvalue weighted by molar-refractivity contribution is 5.20. The van der Waals surface area contributed by atoms with E-state index in [1.165, 1.54) is 38.6 Å². The Morgan fingerprint density at radius 1 is 1.10 bits per heavy atom. The average molecular weight is 274 g/mol. The molecule has 20 heavy (non-hydrogen) atoms. The molecule has 1 aromatic carbocycles. The summed E-state index contributed by atoms with van der Waals surface area (Å²) in [5, 5.41) is 7.39. The second-order valence-electron chi connectivity index (χ2n) is 6.02. The number of ether oxygens (including phenoxy) is 1. The Kier molecular flexibility index (Phi) is 4.93. The zero-order valence-electron chi connectivity index (χ0n) is 12.2. The van der Waals surface area contributed by atoms with Crippen molar-refractivity contribution in [3.05, 3.63) is 30.3 Å². The number of rotatable bonds is 6. The molecule has 3 unspecified atom stereocenters. The molecule has 0 aromatic heterocycles. The van der Waals surface area contributed by atoms with Crippen LogP contribution in [0.15, 0.2) is 30.3 Å². The van der Waals surface area contributed by atoms with Gasteiger partial charge in [-0.25, -0.2) is 0 Å². The maximum absolute atomic E-state index is 5.75. The monoisotopic (exact) mass is 274 g/mol. The van der Waals surface area contributed by atoms with Crippen LogP contribution in [0.4, 0.5) is 0 Å². The normalized spacial score (nSPS) is 29.7. The summed E-state index contributed by atoms with van der Waals surface area (Å²) in [6, 6.07) is 11.5. The van der Waals surface area contributed by atoms with Crippen LogP contribution in [0, 0.1) is 5.92 Å². The SMILES string of the molecule is c1ccc(OCCNC2CCCC2C2CCCN2)cc1. The van der Waals surface area contributed by atoms with Crippen LogP contribution in [0.2, 0.25) is 0 Å². The first-order valence-electron chi connectivity index (χ1n) is 8.08. The van der Waals surface area contributed by atoms with Crippen LogP contribution in [0.1, 0.15) is 32.1 Å². The van der Waals surface area contributed by atoms with E-state index in [2.05, 4.69) is 10.6 Å². The zero-order valence-corrected chi connectivity index (χ0v) is 12.2. The lowest BCUT2D eigenvalue weighted by molar-refractivity contribution is 0.276.